The summed E-state index contributed by atoms with van der Waals surface area (Å²) in [5.74, 6) is 7.35. The molecule has 2 N–H and O–H groups in total. The molecule has 0 aromatic carbocycles. The minimum atomic E-state index is -1.91. The maximum atomic E-state index is 12.9. The average Bonchev–Trinajstić information content (AvgIpc) is 3.21. The SMILES string of the molecule is Cc1cc(C#Cc2ccc(N3CCOCC3)nc2)cnc1-n1cnn(CC(CN)=C(F)F)c1=O. The molecular formula is C23H23F2N7O2. The third-order valence-electron chi connectivity index (χ3n) is 5.30. The summed E-state index contributed by atoms with van der Waals surface area (Å²) in [6.07, 6.45) is 2.60. The van der Waals surface area contributed by atoms with Gasteiger partial charge in [0.05, 0.1) is 19.8 Å². The molecule has 4 heterocycles. The lowest BCUT2D eigenvalue weighted by molar-refractivity contribution is 0.122. The summed E-state index contributed by atoms with van der Waals surface area (Å²) in [6.45, 7) is 4.05. The molecule has 4 rings (SSSR count). The first kappa shape index (κ1) is 23.3. The van der Waals surface area contributed by atoms with E-state index in [0.29, 0.717) is 30.2 Å². The molecule has 0 radical (unpaired) electrons. The molecule has 1 aliphatic rings. The van der Waals surface area contributed by atoms with Gasteiger partial charge in [-0.2, -0.15) is 13.9 Å². The number of ether oxygens (including phenoxy) is 1. The van der Waals surface area contributed by atoms with E-state index in [4.69, 9.17) is 10.5 Å². The Bertz CT molecular complexity index is 1310. The van der Waals surface area contributed by atoms with Crippen LogP contribution in [0.5, 0.6) is 0 Å². The number of aromatic nitrogens is 5. The summed E-state index contributed by atoms with van der Waals surface area (Å²) in [7, 11) is 0. The van der Waals surface area contributed by atoms with Crippen LogP contribution in [0.4, 0.5) is 14.6 Å². The highest BCUT2D eigenvalue weighted by Gasteiger charge is 2.14. The van der Waals surface area contributed by atoms with Gasteiger partial charge in [0.15, 0.2) is 0 Å². The average molecular weight is 467 g/mol. The van der Waals surface area contributed by atoms with Crippen LogP contribution in [0.3, 0.4) is 0 Å². The minimum Gasteiger partial charge on any atom is -0.378 e. The number of rotatable bonds is 5. The normalized spacial score (nSPS) is 13.4. The van der Waals surface area contributed by atoms with Gasteiger partial charge < -0.3 is 15.4 Å². The third-order valence-corrected chi connectivity index (χ3v) is 5.30. The van der Waals surface area contributed by atoms with Gasteiger partial charge in [-0.25, -0.2) is 24.0 Å². The van der Waals surface area contributed by atoms with Gasteiger partial charge >= 0.3 is 5.69 Å². The van der Waals surface area contributed by atoms with Gasteiger partial charge in [0.25, 0.3) is 6.08 Å². The van der Waals surface area contributed by atoms with E-state index in [2.05, 4.69) is 31.8 Å². The van der Waals surface area contributed by atoms with Crippen LogP contribution < -0.4 is 16.3 Å². The Morgan fingerprint density at radius 1 is 1.15 bits per heavy atom. The molecular weight excluding hydrogens is 444 g/mol. The van der Waals surface area contributed by atoms with Gasteiger partial charge in [0.1, 0.15) is 18.0 Å². The van der Waals surface area contributed by atoms with E-state index in [1.165, 1.54) is 10.9 Å². The molecule has 0 unspecified atom stereocenters. The van der Waals surface area contributed by atoms with Crippen molar-refractivity contribution in [3.63, 3.8) is 0 Å². The number of aryl methyl sites for hydroxylation is 1. The fourth-order valence-corrected chi connectivity index (χ4v) is 3.45. The molecule has 34 heavy (non-hydrogen) atoms. The molecule has 11 heteroatoms. The van der Waals surface area contributed by atoms with Crippen LogP contribution in [-0.2, 0) is 11.3 Å². The highest BCUT2D eigenvalue weighted by molar-refractivity contribution is 5.48. The van der Waals surface area contributed by atoms with Crippen molar-refractivity contribution in [3.8, 4) is 17.7 Å². The summed E-state index contributed by atoms with van der Waals surface area (Å²) in [5, 5.41) is 3.90. The van der Waals surface area contributed by atoms with Crippen LogP contribution in [0.25, 0.3) is 5.82 Å². The molecule has 3 aromatic rings. The molecule has 0 atom stereocenters. The number of nitrogens with two attached hydrogens (primary N) is 1. The second-order valence-corrected chi connectivity index (χ2v) is 7.63. The maximum Gasteiger partial charge on any atom is 0.351 e. The number of morpholine rings is 1. The van der Waals surface area contributed by atoms with Crippen molar-refractivity contribution < 1.29 is 13.5 Å². The zero-order valence-corrected chi connectivity index (χ0v) is 18.5. The summed E-state index contributed by atoms with van der Waals surface area (Å²) in [5.41, 5.74) is 6.48. The smallest absolute Gasteiger partial charge is 0.351 e. The van der Waals surface area contributed by atoms with Gasteiger partial charge in [0.2, 0.25) is 0 Å². The molecule has 176 valence electrons. The topological polar surface area (TPSA) is 104 Å². The lowest BCUT2D eigenvalue weighted by Gasteiger charge is -2.27. The van der Waals surface area contributed by atoms with E-state index in [9.17, 15) is 13.6 Å². The first-order valence-electron chi connectivity index (χ1n) is 10.6. The second-order valence-electron chi connectivity index (χ2n) is 7.63. The van der Waals surface area contributed by atoms with Crippen molar-refractivity contribution >= 4 is 5.82 Å². The first-order chi connectivity index (χ1) is 16.5. The van der Waals surface area contributed by atoms with Crippen LogP contribution in [0.1, 0.15) is 16.7 Å². The van der Waals surface area contributed by atoms with Gasteiger partial charge in [-0.15, -0.1) is 0 Å². The fourth-order valence-electron chi connectivity index (χ4n) is 3.45. The van der Waals surface area contributed by atoms with Crippen molar-refractivity contribution in [2.45, 2.75) is 13.5 Å². The number of hydrogen-bond acceptors (Lipinski definition) is 7. The van der Waals surface area contributed by atoms with Crippen LogP contribution >= 0.6 is 0 Å². The predicted molar refractivity (Wildman–Crippen MR) is 122 cm³/mol. The van der Waals surface area contributed by atoms with Crippen molar-refractivity contribution in [3.05, 3.63) is 75.7 Å². The second kappa shape index (κ2) is 10.4. The number of pyridine rings is 2. The standard InChI is InChI=1S/C23H23F2N7O2/c1-16-10-18(3-2-17-4-5-20(27-12-17)30-6-8-34-9-7-30)13-28-22(16)31-15-29-32(23(31)33)14-19(11-26)21(24)25/h4-5,10,12-13,15H,6-9,11,14,26H2,1H3. The van der Waals surface area contributed by atoms with Crippen molar-refractivity contribution in [2.75, 3.05) is 37.7 Å². The molecule has 1 saturated heterocycles. The lowest BCUT2D eigenvalue weighted by Crippen LogP contribution is -2.36. The van der Waals surface area contributed by atoms with Crippen LogP contribution in [0.2, 0.25) is 0 Å². The Kier molecular flexibility index (Phi) is 7.10. The Labute approximate surface area is 194 Å². The van der Waals surface area contributed by atoms with Gasteiger partial charge in [-0.05, 0) is 30.7 Å². The molecule has 1 fully saturated rings. The number of nitrogens with zero attached hydrogens (tertiary/aromatic N) is 6. The highest BCUT2D eigenvalue weighted by atomic mass is 19.3. The molecule has 1 aliphatic heterocycles. The van der Waals surface area contributed by atoms with Crippen molar-refractivity contribution in [2.24, 2.45) is 5.73 Å². The molecule has 0 saturated carbocycles. The molecule has 0 spiro atoms. The van der Waals surface area contributed by atoms with E-state index in [1.54, 1.807) is 25.4 Å². The predicted octanol–water partition coefficient (Wildman–Crippen LogP) is 1.48. The van der Waals surface area contributed by atoms with Gasteiger partial charge in [-0.1, -0.05) is 11.8 Å². The van der Waals surface area contributed by atoms with E-state index in [1.807, 2.05) is 12.1 Å². The maximum absolute atomic E-state index is 12.9. The molecule has 0 aliphatic carbocycles. The lowest BCUT2D eigenvalue weighted by atomic mass is 10.2. The third kappa shape index (κ3) is 5.19. The zero-order valence-electron chi connectivity index (χ0n) is 18.5. The van der Waals surface area contributed by atoms with E-state index < -0.39 is 11.8 Å². The van der Waals surface area contributed by atoms with Gasteiger partial charge in [-0.3, -0.25) is 0 Å². The first-order valence-corrected chi connectivity index (χ1v) is 10.6. The van der Waals surface area contributed by atoms with Crippen LogP contribution in [-0.4, -0.2) is 57.2 Å². The Morgan fingerprint density at radius 2 is 1.88 bits per heavy atom. The Balaban J connectivity index is 1.50. The monoisotopic (exact) mass is 467 g/mol. The number of anilines is 1. The zero-order chi connectivity index (χ0) is 24.1. The Morgan fingerprint density at radius 3 is 2.53 bits per heavy atom. The Hall–Kier alpha value is -3.88. The van der Waals surface area contributed by atoms with Gasteiger partial charge in [0, 0.05) is 48.7 Å². The molecule has 0 amide bonds. The summed E-state index contributed by atoms with van der Waals surface area (Å²) >= 11 is 0. The number of halogens is 2. The molecule has 0 bridgehead atoms. The molecule has 3 aromatic heterocycles. The fraction of sp³-hybridized carbons (Fsp3) is 0.304. The quantitative estimate of drug-likeness (QED) is 0.567. The minimum absolute atomic E-state index is 0.345. The van der Waals surface area contributed by atoms with Crippen LogP contribution in [0.15, 0.2) is 53.4 Å². The number of hydrogen-bond donors (Lipinski definition) is 1. The van der Waals surface area contributed by atoms with Crippen LogP contribution in [0, 0.1) is 18.8 Å². The van der Waals surface area contributed by atoms with E-state index in [0.717, 1.165) is 29.2 Å². The summed E-state index contributed by atoms with van der Waals surface area (Å²) in [4.78, 5) is 23.6. The summed E-state index contributed by atoms with van der Waals surface area (Å²) in [6, 6.07) is 5.64. The van der Waals surface area contributed by atoms with E-state index in [-0.39, 0.29) is 18.7 Å². The van der Waals surface area contributed by atoms with E-state index >= 15 is 0 Å². The molecule has 9 nitrogen and oxygen atoms in total. The van der Waals surface area contributed by atoms with Crippen molar-refractivity contribution in [1.82, 2.24) is 24.3 Å². The highest BCUT2D eigenvalue weighted by Crippen LogP contribution is 2.14. The summed E-state index contributed by atoms with van der Waals surface area (Å²) < 4.78 is 33.2. The largest absolute Gasteiger partial charge is 0.378 e. The van der Waals surface area contributed by atoms with Crippen molar-refractivity contribution in [1.29, 1.82) is 0 Å².